The number of hydrogen-bond acceptors (Lipinski definition) is 4. The Hall–Kier alpha value is -2.01. The highest BCUT2D eigenvalue weighted by molar-refractivity contribution is 5.41. The fraction of sp³-hybridized carbons (Fsp3) is 0.438. The molecule has 2 aromatic rings. The SMILES string of the molecule is COc1ccc(C(C)(O)c2c(OC)cnn2C(C)C)cc1. The molecule has 5 nitrogen and oxygen atoms in total. The molecule has 2 rings (SSSR count). The molecule has 1 aromatic carbocycles. The average Bonchev–Trinajstić information content (AvgIpc) is 2.92. The molecular weight excluding hydrogens is 268 g/mol. The van der Waals surface area contributed by atoms with Gasteiger partial charge < -0.3 is 14.6 Å². The molecule has 114 valence electrons. The average molecular weight is 290 g/mol. The highest BCUT2D eigenvalue weighted by atomic mass is 16.5. The van der Waals surface area contributed by atoms with Crippen molar-refractivity contribution in [3.8, 4) is 11.5 Å². The van der Waals surface area contributed by atoms with Crippen molar-refractivity contribution in [1.29, 1.82) is 0 Å². The van der Waals surface area contributed by atoms with Crippen molar-refractivity contribution in [3.63, 3.8) is 0 Å². The second-order valence-electron chi connectivity index (χ2n) is 5.40. The van der Waals surface area contributed by atoms with Crippen LogP contribution in [-0.2, 0) is 5.60 Å². The molecule has 0 saturated carbocycles. The van der Waals surface area contributed by atoms with Crippen LogP contribution in [0.2, 0.25) is 0 Å². The predicted molar refractivity (Wildman–Crippen MR) is 80.8 cm³/mol. The van der Waals surface area contributed by atoms with Gasteiger partial charge >= 0.3 is 0 Å². The van der Waals surface area contributed by atoms with E-state index in [1.165, 1.54) is 0 Å². The van der Waals surface area contributed by atoms with E-state index in [-0.39, 0.29) is 6.04 Å². The van der Waals surface area contributed by atoms with Crippen LogP contribution in [0.4, 0.5) is 0 Å². The largest absolute Gasteiger partial charge is 0.497 e. The maximum Gasteiger partial charge on any atom is 0.163 e. The Bertz CT molecular complexity index is 600. The van der Waals surface area contributed by atoms with Gasteiger partial charge in [-0.05, 0) is 38.5 Å². The molecule has 0 bridgehead atoms. The summed E-state index contributed by atoms with van der Waals surface area (Å²) in [5, 5.41) is 15.4. The molecule has 0 aliphatic heterocycles. The van der Waals surface area contributed by atoms with E-state index >= 15 is 0 Å². The number of nitrogens with zero attached hydrogens (tertiary/aromatic N) is 2. The highest BCUT2D eigenvalue weighted by Crippen LogP contribution is 2.37. The summed E-state index contributed by atoms with van der Waals surface area (Å²) >= 11 is 0. The molecule has 0 amide bonds. The fourth-order valence-electron chi connectivity index (χ4n) is 2.40. The number of hydrogen-bond donors (Lipinski definition) is 1. The first-order valence-electron chi connectivity index (χ1n) is 6.90. The van der Waals surface area contributed by atoms with Gasteiger partial charge in [0.25, 0.3) is 0 Å². The van der Waals surface area contributed by atoms with E-state index in [4.69, 9.17) is 9.47 Å². The highest BCUT2D eigenvalue weighted by Gasteiger charge is 2.34. The zero-order chi connectivity index (χ0) is 15.6. The monoisotopic (exact) mass is 290 g/mol. The van der Waals surface area contributed by atoms with E-state index in [0.717, 1.165) is 11.3 Å². The van der Waals surface area contributed by atoms with Gasteiger partial charge in [0.2, 0.25) is 0 Å². The van der Waals surface area contributed by atoms with Gasteiger partial charge in [0.15, 0.2) is 5.75 Å². The molecule has 1 unspecified atom stereocenters. The van der Waals surface area contributed by atoms with Crippen molar-refractivity contribution in [1.82, 2.24) is 9.78 Å². The van der Waals surface area contributed by atoms with Crippen LogP contribution in [0.15, 0.2) is 30.5 Å². The van der Waals surface area contributed by atoms with Gasteiger partial charge in [0.05, 0.1) is 20.4 Å². The summed E-state index contributed by atoms with van der Waals surface area (Å²) in [6.45, 7) is 5.77. The molecule has 0 radical (unpaired) electrons. The molecule has 1 heterocycles. The summed E-state index contributed by atoms with van der Waals surface area (Å²) in [6.07, 6.45) is 1.63. The maximum absolute atomic E-state index is 11.1. The van der Waals surface area contributed by atoms with E-state index < -0.39 is 5.60 Å². The van der Waals surface area contributed by atoms with Crippen LogP contribution in [0.25, 0.3) is 0 Å². The number of aromatic nitrogens is 2. The van der Waals surface area contributed by atoms with Crippen LogP contribution in [0.5, 0.6) is 11.5 Å². The van der Waals surface area contributed by atoms with Crippen molar-refractivity contribution in [2.24, 2.45) is 0 Å². The Morgan fingerprint density at radius 1 is 1.14 bits per heavy atom. The van der Waals surface area contributed by atoms with Crippen molar-refractivity contribution < 1.29 is 14.6 Å². The van der Waals surface area contributed by atoms with E-state index in [1.54, 1.807) is 32.0 Å². The molecule has 0 spiro atoms. The Morgan fingerprint density at radius 3 is 2.24 bits per heavy atom. The lowest BCUT2D eigenvalue weighted by atomic mass is 9.91. The summed E-state index contributed by atoms with van der Waals surface area (Å²) in [6, 6.07) is 7.46. The zero-order valence-corrected chi connectivity index (χ0v) is 13.1. The third-order valence-electron chi connectivity index (χ3n) is 3.58. The molecule has 0 fully saturated rings. The topological polar surface area (TPSA) is 56.5 Å². The van der Waals surface area contributed by atoms with Gasteiger partial charge in [0.1, 0.15) is 17.0 Å². The van der Waals surface area contributed by atoms with Gasteiger partial charge in [-0.25, -0.2) is 0 Å². The van der Waals surface area contributed by atoms with E-state index in [9.17, 15) is 5.11 Å². The molecule has 21 heavy (non-hydrogen) atoms. The molecule has 0 aliphatic carbocycles. The normalized spacial score (nSPS) is 14.0. The van der Waals surface area contributed by atoms with Crippen LogP contribution < -0.4 is 9.47 Å². The Morgan fingerprint density at radius 2 is 1.76 bits per heavy atom. The number of methoxy groups -OCH3 is 2. The molecule has 1 N–H and O–H groups in total. The Labute approximate surface area is 125 Å². The standard InChI is InChI=1S/C16H22N2O3/c1-11(2)18-15(14(21-5)10-17-18)16(3,19)12-6-8-13(20-4)9-7-12/h6-11,19H,1-5H3. The molecule has 1 aromatic heterocycles. The third kappa shape index (κ3) is 2.74. The lowest BCUT2D eigenvalue weighted by Crippen LogP contribution is -2.28. The molecule has 0 saturated heterocycles. The molecule has 1 atom stereocenters. The van der Waals surface area contributed by atoms with Crippen LogP contribution in [0.3, 0.4) is 0 Å². The first-order chi connectivity index (χ1) is 9.91. The van der Waals surface area contributed by atoms with Crippen LogP contribution in [0, 0.1) is 0 Å². The number of ether oxygens (including phenoxy) is 2. The van der Waals surface area contributed by atoms with E-state index in [1.807, 2.05) is 38.1 Å². The van der Waals surface area contributed by atoms with Crippen LogP contribution in [-0.4, -0.2) is 29.1 Å². The minimum Gasteiger partial charge on any atom is -0.497 e. The van der Waals surface area contributed by atoms with Crippen LogP contribution >= 0.6 is 0 Å². The maximum atomic E-state index is 11.1. The van der Waals surface area contributed by atoms with Gasteiger partial charge in [-0.3, -0.25) is 4.68 Å². The smallest absolute Gasteiger partial charge is 0.163 e. The predicted octanol–water partition coefficient (Wildman–Crippen LogP) is 2.74. The summed E-state index contributed by atoms with van der Waals surface area (Å²) < 4.78 is 12.3. The van der Waals surface area contributed by atoms with Crippen molar-refractivity contribution >= 4 is 0 Å². The van der Waals surface area contributed by atoms with Gasteiger partial charge in [-0.2, -0.15) is 5.10 Å². The van der Waals surface area contributed by atoms with Crippen LogP contribution in [0.1, 0.15) is 38.1 Å². The van der Waals surface area contributed by atoms with Gasteiger partial charge in [-0.1, -0.05) is 12.1 Å². The minimum atomic E-state index is -1.21. The van der Waals surface area contributed by atoms with Gasteiger partial charge in [-0.15, -0.1) is 0 Å². The first kappa shape index (κ1) is 15.4. The number of benzene rings is 1. The Kier molecular flexibility index (Phi) is 4.23. The molecule has 0 aliphatic rings. The van der Waals surface area contributed by atoms with Crippen molar-refractivity contribution in [2.45, 2.75) is 32.4 Å². The second kappa shape index (κ2) is 5.77. The van der Waals surface area contributed by atoms with Crippen molar-refractivity contribution in [2.75, 3.05) is 14.2 Å². The van der Waals surface area contributed by atoms with E-state index in [2.05, 4.69) is 5.10 Å². The fourth-order valence-corrected chi connectivity index (χ4v) is 2.40. The lowest BCUT2D eigenvalue weighted by Gasteiger charge is -2.27. The molecular formula is C16H22N2O3. The van der Waals surface area contributed by atoms with Gasteiger partial charge in [0, 0.05) is 6.04 Å². The quantitative estimate of drug-likeness (QED) is 0.920. The summed E-state index contributed by atoms with van der Waals surface area (Å²) in [5.74, 6) is 1.32. The number of rotatable bonds is 5. The third-order valence-corrected chi connectivity index (χ3v) is 3.58. The lowest BCUT2D eigenvalue weighted by molar-refractivity contribution is 0.0867. The summed E-state index contributed by atoms with van der Waals surface area (Å²) in [5.41, 5.74) is 0.187. The minimum absolute atomic E-state index is 0.119. The molecule has 5 heteroatoms. The second-order valence-corrected chi connectivity index (χ2v) is 5.40. The van der Waals surface area contributed by atoms with E-state index in [0.29, 0.717) is 11.4 Å². The first-order valence-corrected chi connectivity index (χ1v) is 6.90. The van der Waals surface area contributed by atoms with Crippen molar-refractivity contribution in [3.05, 3.63) is 41.7 Å². The number of aliphatic hydroxyl groups is 1. The Balaban J connectivity index is 2.53. The summed E-state index contributed by atoms with van der Waals surface area (Å²) in [7, 11) is 3.19. The zero-order valence-electron chi connectivity index (χ0n) is 13.1. The summed E-state index contributed by atoms with van der Waals surface area (Å²) in [4.78, 5) is 0.